The molecule has 0 aliphatic carbocycles. The summed E-state index contributed by atoms with van der Waals surface area (Å²) in [5.74, 6) is 0. The molecule has 8 heavy (non-hydrogen) atoms. The first-order valence-corrected chi connectivity index (χ1v) is 5.68. The van der Waals surface area contributed by atoms with Crippen LogP contribution in [-0.4, -0.2) is 18.6 Å². The van der Waals surface area contributed by atoms with Gasteiger partial charge in [0, 0.05) is 0 Å². The molecular formula is C3H10NO3Si+. The SMILES string of the molecule is C[Si](C)(C)O[N+](=O)O. The van der Waals surface area contributed by atoms with Crippen LogP contribution in [0.3, 0.4) is 0 Å². The molecule has 0 aromatic carbocycles. The normalized spacial score (nSPS) is 10.9. The molecule has 5 heteroatoms. The summed E-state index contributed by atoms with van der Waals surface area (Å²) in [5.41, 5.74) is 0. The third-order valence-corrected chi connectivity index (χ3v) is 1.06. The third kappa shape index (κ3) is 5.42. The number of hydrogen-bond acceptors (Lipinski definition) is 2. The second kappa shape index (κ2) is 2.12. The highest BCUT2D eigenvalue weighted by molar-refractivity contribution is 6.69. The maximum Gasteiger partial charge on any atom is 0.459 e. The highest BCUT2D eigenvalue weighted by Gasteiger charge is 2.26. The molecule has 0 amide bonds. The fourth-order valence-electron chi connectivity index (χ4n) is 0.234. The molecule has 0 unspecified atom stereocenters. The van der Waals surface area contributed by atoms with Gasteiger partial charge in [0.05, 0.1) is 0 Å². The highest BCUT2D eigenvalue weighted by atomic mass is 28.4. The first kappa shape index (κ1) is 7.42. The van der Waals surface area contributed by atoms with Crippen LogP contribution in [0.4, 0.5) is 0 Å². The van der Waals surface area contributed by atoms with E-state index < -0.39 is 13.4 Å². The van der Waals surface area contributed by atoms with Crippen molar-refractivity contribution in [3.05, 3.63) is 4.91 Å². The van der Waals surface area contributed by atoms with Gasteiger partial charge in [-0.05, 0) is 19.6 Å². The van der Waals surface area contributed by atoms with E-state index in [0.717, 1.165) is 0 Å². The highest BCUT2D eigenvalue weighted by Crippen LogP contribution is 2.00. The maximum atomic E-state index is 9.74. The monoisotopic (exact) mass is 136 g/mol. The summed E-state index contributed by atoms with van der Waals surface area (Å²) in [7, 11) is -1.86. The van der Waals surface area contributed by atoms with Crippen molar-refractivity contribution in [1.29, 1.82) is 0 Å². The van der Waals surface area contributed by atoms with Gasteiger partial charge in [0.1, 0.15) is 4.91 Å². The lowest BCUT2D eigenvalue weighted by molar-refractivity contribution is -0.953. The molecule has 0 aromatic heterocycles. The Morgan fingerprint density at radius 1 is 1.50 bits per heavy atom. The summed E-state index contributed by atoms with van der Waals surface area (Å²) in [4.78, 5) is 9.74. The van der Waals surface area contributed by atoms with Crippen LogP contribution in [0.5, 0.6) is 0 Å². The molecule has 0 aliphatic rings. The third-order valence-electron chi connectivity index (χ3n) is 0.352. The summed E-state index contributed by atoms with van der Waals surface area (Å²) in [6.07, 6.45) is 0. The Bertz CT molecular complexity index is 97.2. The van der Waals surface area contributed by atoms with Crippen molar-refractivity contribution in [1.82, 2.24) is 0 Å². The molecule has 0 bridgehead atoms. The molecule has 0 aromatic rings. The first-order valence-electron chi connectivity index (χ1n) is 2.27. The van der Waals surface area contributed by atoms with Crippen LogP contribution in [0.15, 0.2) is 0 Å². The lowest BCUT2D eigenvalue weighted by Gasteiger charge is -2.02. The van der Waals surface area contributed by atoms with Crippen molar-refractivity contribution >= 4 is 8.32 Å². The summed E-state index contributed by atoms with van der Waals surface area (Å²) in [6, 6.07) is 0. The second-order valence-corrected chi connectivity index (χ2v) is 6.85. The van der Waals surface area contributed by atoms with Crippen LogP contribution in [-0.2, 0) is 4.53 Å². The Balaban J connectivity index is 3.55. The van der Waals surface area contributed by atoms with Gasteiger partial charge in [0.2, 0.25) is 0 Å². The van der Waals surface area contributed by atoms with E-state index >= 15 is 0 Å². The summed E-state index contributed by atoms with van der Waals surface area (Å²) in [6.45, 7) is 5.40. The Labute approximate surface area is 48.7 Å². The minimum absolute atomic E-state index is 0.480. The van der Waals surface area contributed by atoms with E-state index in [1.54, 1.807) is 19.6 Å². The number of rotatable bonds is 2. The molecule has 0 saturated heterocycles. The topological polar surface area (TPSA) is 49.5 Å². The first-order chi connectivity index (χ1) is 3.42. The van der Waals surface area contributed by atoms with Crippen molar-refractivity contribution in [2.45, 2.75) is 19.6 Å². The van der Waals surface area contributed by atoms with E-state index in [1.165, 1.54) is 0 Å². The Kier molecular flexibility index (Phi) is 1.97. The molecule has 0 spiro atoms. The van der Waals surface area contributed by atoms with Gasteiger partial charge in [-0.25, -0.2) is 5.21 Å². The zero-order valence-corrected chi connectivity index (χ0v) is 6.21. The van der Waals surface area contributed by atoms with E-state index in [-0.39, 0.29) is 0 Å². The largest absolute Gasteiger partial charge is 0.459 e. The minimum Gasteiger partial charge on any atom is -0.263 e. The Morgan fingerprint density at radius 3 is 1.88 bits per heavy atom. The molecule has 4 nitrogen and oxygen atoms in total. The van der Waals surface area contributed by atoms with E-state index in [2.05, 4.69) is 4.53 Å². The van der Waals surface area contributed by atoms with E-state index in [1.807, 2.05) is 0 Å². The molecular weight excluding hydrogens is 126 g/mol. The zero-order valence-electron chi connectivity index (χ0n) is 5.21. The van der Waals surface area contributed by atoms with Crippen molar-refractivity contribution in [3.8, 4) is 0 Å². The van der Waals surface area contributed by atoms with Crippen LogP contribution in [0.2, 0.25) is 19.6 Å². The summed E-state index contributed by atoms with van der Waals surface area (Å²) < 4.78 is 4.41. The van der Waals surface area contributed by atoms with Gasteiger partial charge in [0.15, 0.2) is 0 Å². The van der Waals surface area contributed by atoms with Gasteiger partial charge < -0.3 is 0 Å². The van der Waals surface area contributed by atoms with Crippen LogP contribution in [0, 0.1) is 4.91 Å². The summed E-state index contributed by atoms with van der Waals surface area (Å²) in [5, 5.41) is 7.50. The smallest absolute Gasteiger partial charge is 0.263 e. The van der Waals surface area contributed by atoms with Crippen molar-refractivity contribution in [2.24, 2.45) is 0 Å². The van der Waals surface area contributed by atoms with Gasteiger partial charge in [-0.3, -0.25) is 4.53 Å². The van der Waals surface area contributed by atoms with Crippen LogP contribution >= 0.6 is 0 Å². The van der Waals surface area contributed by atoms with E-state index in [9.17, 15) is 4.91 Å². The predicted molar refractivity (Wildman–Crippen MR) is 29.8 cm³/mol. The van der Waals surface area contributed by atoms with Gasteiger partial charge in [-0.2, -0.15) is 0 Å². The molecule has 0 saturated carbocycles. The molecule has 0 rings (SSSR count). The van der Waals surface area contributed by atoms with Crippen LogP contribution in [0.1, 0.15) is 0 Å². The predicted octanol–water partition coefficient (Wildman–Crippen LogP) is 0.921. The van der Waals surface area contributed by atoms with Gasteiger partial charge >= 0.3 is 13.4 Å². The van der Waals surface area contributed by atoms with Crippen molar-refractivity contribution < 1.29 is 14.8 Å². The summed E-state index contributed by atoms with van der Waals surface area (Å²) >= 11 is 0. The quantitative estimate of drug-likeness (QED) is 0.453. The average molecular weight is 136 g/mol. The van der Waals surface area contributed by atoms with Gasteiger partial charge in [-0.15, -0.1) is 0 Å². The fourth-order valence-corrected chi connectivity index (χ4v) is 0.703. The molecule has 0 radical (unpaired) electrons. The number of hydrogen-bond donors (Lipinski definition) is 1. The van der Waals surface area contributed by atoms with E-state index in [0.29, 0.717) is 0 Å². The number of nitrogens with zero attached hydrogens (tertiary/aromatic N) is 1. The molecule has 0 atom stereocenters. The second-order valence-electron chi connectivity index (χ2n) is 2.44. The maximum absolute atomic E-state index is 9.74. The Hall–Kier alpha value is -0.583. The fraction of sp³-hybridized carbons (Fsp3) is 1.00. The van der Waals surface area contributed by atoms with E-state index in [4.69, 9.17) is 5.21 Å². The molecule has 1 N–H and O–H groups in total. The van der Waals surface area contributed by atoms with Crippen LogP contribution < -0.4 is 0 Å². The van der Waals surface area contributed by atoms with Crippen molar-refractivity contribution in [3.63, 3.8) is 0 Å². The zero-order chi connectivity index (χ0) is 6.78. The lowest BCUT2D eigenvalue weighted by Crippen LogP contribution is -2.29. The van der Waals surface area contributed by atoms with Gasteiger partial charge in [-0.1, -0.05) is 0 Å². The van der Waals surface area contributed by atoms with Crippen LogP contribution in [0.25, 0.3) is 0 Å². The standard InChI is InChI=1S/C3H10NO3Si/c1-8(2,3)7-4(5)6/h1-3H3,(H,5,6)/q+1. The lowest BCUT2D eigenvalue weighted by atomic mass is 11.8. The van der Waals surface area contributed by atoms with Crippen molar-refractivity contribution in [2.75, 3.05) is 0 Å². The molecule has 0 heterocycles. The average Bonchev–Trinajstić information content (AvgIpc) is 1.21. The molecule has 0 fully saturated rings. The molecule has 0 aliphatic heterocycles. The minimum atomic E-state index is -1.86. The van der Waals surface area contributed by atoms with Gasteiger partial charge in [0.25, 0.3) is 0 Å². The Morgan fingerprint density at radius 2 is 1.88 bits per heavy atom. The molecule has 48 valence electrons.